The molecule has 1 aromatic rings. The van der Waals surface area contributed by atoms with Crippen LogP contribution in [0.4, 0.5) is 0 Å². The largest absolute Gasteiger partial charge is 0.439 e. The van der Waals surface area contributed by atoms with Crippen LogP contribution in [0.5, 0.6) is 5.75 Å². The van der Waals surface area contributed by atoms with E-state index < -0.39 is 5.41 Å². The standard InChI is InChI=1S/C19H23N3O2/c1-14(2)9-11-21-18(23)19(3)10-8-17(22-13-19)24-16-6-4-15(12-20)5-7-16/h4-8,13-14H,9-11H2,1-3H3,(H,21,23). The zero-order chi connectivity index (χ0) is 17.6. The monoisotopic (exact) mass is 325 g/mol. The maximum atomic E-state index is 12.3. The fourth-order valence-corrected chi connectivity index (χ4v) is 2.22. The molecule has 1 aliphatic rings. The molecule has 1 amide bonds. The summed E-state index contributed by atoms with van der Waals surface area (Å²) < 4.78 is 5.66. The summed E-state index contributed by atoms with van der Waals surface area (Å²) in [5.74, 6) is 1.63. The van der Waals surface area contributed by atoms with E-state index in [1.165, 1.54) is 0 Å². The third kappa shape index (κ3) is 4.69. The van der Waals surface area contributed by atoms with Crippen LogP contribution >= 0.6 is 0 Å². The van der Waals surface area contributed by atoms with Crippen molar-refractivity contribution >= 4 is 12.1 Å². The Balaban J connectivity index is 1.91. The second kappa shape index (κ2) is 7.78. The summed E-state index contributed by atoms with van der Waals surface area (Å²) in [5.41, 5.74) is -0.0665. The molecular formula is C19H23N3O2. The van der Waals surface area contributed by atoms with Crippen molar-refractivity contribution in [3.63, 3.8) is 0 Å². The number of benzene rings is 1. The normalized spacial score (nSPS) is 19.5. The van der Waals surface area contributed by atoms with E-state index in [0.29, 0.717) is 36.1 Å². The number of amides is 1. The highest BCUT2D eigenvalue weighted by atomic mass is 16.5. The van der Waals surface area contributed by atoms with E-state index in [1.54, 1.807) is 30.5 Å². The summed E-state index contributed by atoms with van der Waals surface area (Å²) in [6.45, 7) is 6.81. The smallest absolute Gasteiger partial charge is 0.231 e. The molecule has 1 aromatic carbocycles. The van der Waals surface area contributed by atoms with Crippen molar-refractivity contribution < 1.29 is 9.53 Å². The zero-order valence-electron chi connectivity index (χ0n) is 14.4. The number of nitrogens with one attached hydrogen (secondary N) is 1. The molecule has 1 heterocycles. The van der Waals surface area contributed by atoms with Gasteiger partial charge in [-0.25, -0.2) is 4.99 Å². The van der Waals surface area contributed by atoms with Crippen molar-refractivity contribution in [2.24, 2.45) is 16.3 Å². The molecule has 5 nitrogen and oxygen atoms in total. The number of hydrogen-bond donors (Lipinski definition) is 1. The quantitative estimate of drug-likeness (QED) is 0.871. The minimum Gasteiger partial charge on any atom is -0.439 e. The molecule has 0 spiro atoms. The number of nitrogens with zero attached hydrogens (tertiary/aromatic N) is 2. The number of rotatable bonds is 6. The average Bonchev–Trinajstić information content (AvgIpc) is 2.57. The van der Waals surface area contributed by atoms with Gasteiger partial charge in [0.05, 0.1) is 17.0 Å². The first kappa shape index (κ1) is 17.7. The minimum atomic E-state index is -0.644. The molecule has 0 radical (unpaired) electrons. The van der Waals surface area contributed by atoms with Gasteiger partial charge in [0.25, 0.3) is 0 Å². The maximum absolute atomic E-state index is 12.3. The first-order chi connectivity index (χ1) is 11.4. The summed E-state index contributed by atoms with van der Waals surface area (Å²) in [7, 11) is 0. The highest BCUT2D eigenvalue weighted by molar-refractivity contribution is 5.98. The van der Waals surface area contributed by atoms with Crippen molar-refractivity contribution in [3.05, 3.63) is 41.8 Å². The topological polar surface area (TPSA) is 74.5 Å². The van der Waals surface area contributed by atoms with Gasteiger partial charge in [-0.05, 0) is 56.0 Å². The van der Waals surface area contributed by atoms with Crippen molar-refractivity contribution in [2.75, 3.05) is 6.54 Å². The van der Waals surface area contributed by atoms with Gasteiger partial charge in [-0.15, -0.1) is 0 Å². The average molecular weight is 325 g/mol. The van der Waals surface area contributed by atoms with Gasteiger partial charge < -0.3 is 10.1 Å². The molecule has 126 valence electrons. The maximum Gasteiger partial charge on any atom is 0.231 e. The van der Waals surface area contributed by atoms with Crippen LogP contribution in [0.15, 0.2) is 41.2 Å². The van der Waals surface area contributed by atoms with Gasteiger partial charge in [0, 0.05) is 12.8 Å². The molecule has 0 fully saturated rings. The van der Waals surface area contributed by atoms with E-state index in [4.69, 9.17) is 10.00 Å². The molecule has 1 atom stereocenters. The number of hydrogen-bond acceptors (Lipinski definition) is 4. The fourth-order valence-electron chi connectivity index (χ4n) is 2.22. The molecule has 1 aliphatic heterocycles. The molecule has 5 heteroatoms. The lowest BCUT2D eigenvalue weighted by Crippen LogP contribution is -2.41. The highest BCUT2D eigenvalue weighted by Gasteiger charge is 2.32. The van der Waals surface area contributed by atoms with Gasteiger partial charge in [0.15, 0.2) is 0 Å². The van der Waals surface area contributed by atoms with Crippen molar-refractivity contribution in [3.8, 4) is 11.8 Å². The van der Waals surface area contributed by atoms with E-state index in [2.05, 4.69) is 30.2 Å². The Bertz CT molecular complexity index is 684. The van der Waals surface area contributed by atoms with E-state index in [1.807, 2.05) is 13.0 Å². The highest BCUT2D eigenvalue weighted by Crippen LogP contribution is 2.27. The zero-order valence-corrected chi connectivity index (χ0v) is 14.4. The molecular weight excluding hydrogens is 302 g/mol. The van der Waals surface area contributed by atoms with E-state index in [9.17, 15) is 4.79 Å². The van der Waals surface area contributed by atoms with Gasteiger partial charge >= 0.3 is 0 Å². The lowest BCUT2D eigenvalue weighted by atomic mass is 9.85. The van der Waals surface area contributed by atoms with Crippen molar-refractivity contribution in [1.82, 2.24) is 5.32 Å². The van der Waals surface area contributed by atoms with Crippen LogP contribution in [0.1, 0.15) is 39.2 Å². The predicted octanol–water partition coefficient (Wildman–Crippen LogP) is 3.42. The van der Waals surface area contributed by atoms with Gasteiger partial charge in [-0.1, -0.05) is 13.8 Å². The molecule has 2 rings (SSSR count). The summed E-state index contributed by atoms with van der Waals surface area (Å²) in [5, 5.41) is 11.8. The number of carbonyl (C=O) groups is 1. The van der Waals surface area contributed by atoms with Crippen LogP contribution in [0.25, 0.3) is 0 Å². The third-order valence-corrected chi connectivity index (χ3v) is 3.91. The van der Waals surface area contributed by atoms with Crippen LogP contribution in [0.3, 0.4) is 0 Å². The van der Waals surface area contributed by atoms with Gasteiger partial charge in [-0.2, -0.15) is 5.26 Å². The van der Waals surface area contributed by atoms with Crippen molar-refractivity contribution in [1.29, 1.82) is 5.26 Å². The Hall–Kier alpha value is -2.61. The summed E-state index contributed by atoms with van der Waals surface area (Å²) in [6.07, 6.45) is 4.97. The van der Waals surface area contributed by atoms with E-state index >= 15 is 0 Å². The van der Waals surface area contributed by atoms with Gasteiger partial charge in [-0.3, -0.25) is 4.79 Å². The molecule has 0 saturated carbocycles. The summed E-state index contributed by atoms with van der Waals surface area (Å²) in [6, 6.07) is 8.89. The summed E-state index contributed by atoms with van der Waals surface area (Å²) in [4.78, 5) is 16.6. The third-order valence-electron chi connectivity index (χ3n) is 3.91. The minimum absolute atomic E-state index is 0.0134. The van der Waals surface area contributed by atoms with Gasteiger partial charge in [0.1, 0.15) is 5.75 Å². The number of carbonyl (C=O) groups excluding carboxylic acids is 1. The molecule has 0 aliphatic carbocycles. The van der Waals surface area contributed by atoms with Crippen LogP contribution in [-0.4, -0.2) is 18.7 Å². The SMILES string of the molecule is CC(C)CCNC(=O)C1(C)C=NC(Oc2ccc(C#N)cc2)=CC1. The Morgan fingerprint density at radius 2 is 2.12 bits per heavy atom. The Kier molecular flexibility index (Phi) is 5.75. The molecule has 0 aromatic heterocycles. The Labute approximate surface area is 143 Å². The Morgan fingerprint density at radius 3 is 2.67 bits per heavy atom. The number of nitriles is 1. The number of ether oxygens (including phenoxy) is 1. The van der Waals surface area contributed by atoms with Crippen molar-refractivity contribution in [2.45, 2.75) is 33.6 Å². The van der Waals surface area contributed by atoms with Crippen LogP contribution in [0.2, 0.25) is 0 Å². The number of aliphatic imine (C=N–C) groups is 1. The fraction of sp³-hybridized carbons (Fsp3) is 0.421. The first-order valence-corrected chi connectivity index (χ1v) is 8.14. The Morgan fingerprint density at radius 1 is 1.42 bits per heavy atom. The van der Waals surface area contributed by atoms with Crippen LogP contribution in [0, 0.1) is 22.7 Å². The molecule has 0 bridgehead atoms. The molecule has 1 unspecified atom stereocenters. The van der Waals surface area contributed by atoms with Crippen LogP contribution < -0.4 is 10.1 Å². The first-order valence-electron chi connectivity index (χ1n) is 8.14. The van der Waals surface area contributed by atoms with E-state index in [-0.39, 0.29) is 5.91 Å². The molecule has 1 N–H and O–H groups in total. The van der Waals surface area contributed by atoms with Gasteiger partial charge in [0.2, 0.25) is 11.8 Å². The number of allylic oxidation sites excluding steroid dienone is 1. The molecule has 0 saturated heterocycles. The summed E-state index contributed by atoms with van der Waals surface area (Å²) >= 11 is 0. The predicted molar refractivity (Wildman–Crippen MR) is 93.5 cm³/mol. The second-order valence-electron chi connectivity index (χ2n) is 6.60. The van der Waals surface area contributed by atoms with E-state index in [0.717, 1.165) is 6.42 Å². The second-order valence-corrected chi connectivity index (χ2v) is 6.60. The van der Waals surface area contributed by atoms with Crippen LogP contribution in [-0.2, 0) is 4.79 Å². The lowest BCUT2D eigenvalue weighted by molar-refractivity contribution is -0.126. The molecule has 24 heavy (non-hydrogen) atoms. The lowest BCUT2D eigenvalue weighted by Gasteiger charge is -2.25.